The predicted octanol–water partition coefficient (Wildman–Crippen LogP) is 2.01. The highest BCUT2D eigenvalue weighted by molar-refractivity contribution is 5.82. The molecular weight excluding hydrogens is 143 g/mol. The molecule has 2 rings (SSSR count). The van der Waals surface area contributed by atoms with Crippen LogP contribution in [0.15, 0.2) is 18.6 Å². The second-order valence-corrected chi connectivity index (χ2v) is 2.52. The Morgan fingerprint density at radius 2 is 2.27 bits per heavy atom. The number of aryl methyl sites for hydroxylation is 1. The van der Waals surface area contributed by atoms with E-state index in [2.05, 4.69) is 9.97 Å². The number of hydrogen-bond donors (Lipinski definition) is 1. The van der Waals surface area contributed by atoms with Crippen molar-refractivity contribution in [2.24, 2.45) is 0 Å². The van der Waals surface area contributed by atoms with Crippen LogP contribution < -0.4 is 0 Å². The molecule has 0 aliphatic carbocycles. The van der Waals surface area contributed by atoms with Crippen molar-refractivity contribution in [3.63, 3.8) is 0 Å². The van der Waals surface area contributed by atoms with Crippen LogP contribution in [-0.4, -0.2) is 9.97 Å². The number of H-pyrrole nitrogens is 1. The zero-order valence-corrected chi connectivity index (χ0v) is 6.06. The van der Waals surface area contributed by atoms with Gasteiger partial charge >= 0.3 is 0 Å². The summed E-state index contributed by atoms with van der Waals surface area (Å²) in [5.41, 5.74) is 1.56. The van der Waals surface area contributed by atoms with E-state index in [-0.39, 0.29) is 5.82 Å². The van der Waals surface area contributed by atoms with E-state index in [1.54, 1.807) is 12.4 Å². The molecule has 3 heteroatoms. The molecule has 2 nitrogen and oxygen atoms in total. The first-order valence-electron chi connectivity index (χ1n) is 3.36. The van der Waals surface area contributed by atoms with Gasteiger partial charge in [-0.1, -0.05) is 0 Å². The summed E-state index contributed by atoms with van der Waals surface area (Å²) in [5, 5.41) is 0.852. The SMILES string of the molecule is Cc1c[nH]c2c(F)cncc12. The molecule has 56 valence electrons. The minimum Gasteiger partial charge on any atom is -0.358 e. The Bertz CT molecular complexity index is 392. The monoisotopic (exact) mass is 150 g/mol. The summed E-state index contributed by atoms with van der Waals surface area (Å²) in [4.78, 5) is 6.59. The van der Waals surface area contributed by atoms with Crippen LogP contribution in [0.2, 0.25) is 0 Å². The Balaban J connectivity index is 2.94. The first-order valence-corrected chi connectivity index (χ1v) is 3.36. The summed E-state index contributed by atoms with van der Waals surface area (Å²) in [6, 6.07) is 0. The summed E-state index contributed by atoms with van der Waals surface area (Å²) in [7, 11) is 0. The van der Waals surface area contributed by atoms with Crippen molar-refractivity contribution in [1.29, 1.82) is 0 Å². The van der Waals surface area contributed by atoms with Gasteiger partial charge < -0.3 is 4.98 Å². The number of pyridine rings is 1. The molecule has 0 saturated heterocycles. The van der Waals surface area contributed by atoms with E-state index in [0.29, 0.717) is 5.52 Å². The third kappa shape index (κ3) is 0.808. The van der Waals surface area contributed by atoms with Crippen LogP contribution in [0.25, 0.3) is 10.9 Å². The number of hydrogen-bond acceptors (Lipinski definition) is 1. The molecule has 0 radical (unpaired) electrons. The second-order valence-electron chi connectivity index (χ2n) is 2.52. The minimum atomic E-state index is -0.296. The molecule has 1 N–H and O–H groups in total. The molecule has 0 unspecified atom stereocenters. The fourth-order valence-electron chi connectivity index (χ4n) is 1.14. The van der Waals surface area contributed by atoms with E-state index in [1.165, 1.54) is 6.20 Å². The number of halogens is 1. The number of aromatic amines is 1. The van der Waals surface area contributed by atoms with Crippen molar-refractivity contribution in [2.75, 3.05) is 0 Å². The molecule has 0 fully saturated rings. The summed E-state index contributed by atoms with van der Waals surface area (Å²) < 4.78 is 12.9. The maximum Gasteiger partial charge on any atom is 0.165 e. The number of fused-ring (bicyclic) bond motifs is 1. The maximum absolute atomic E-state index is 12.9. The maximum atomic E-state index is 12.9. The van der Waals surface area contributed by atoms with Crippen LogP contribution in [0.5, 0.6) is 0 Å². The first-order chi connectivity index (χ1) is 5.29. The van der Waals surface area contributed by atoms with Gasteiger partial charge in [-0.05, 0) is 12.5 Å². The molecule has 0 saturated carbocycles. The Hall–Kier alpha value is -1.38. The molecule has 0 aromatic carbocycles. The fourth-order valence-corrected chi connectivity index (χ4v) is 1.14. The minimum absolute atomic E-state index is 0.296. The van der Waals surface area contributed by atoms with Crippen molar-refractivity contribution in [3.05, 3.63) is 30.0 Å². The van der Waals surface area contributed by atoms with Gasteiger partial charge in [-0.25, -0.2) is 4.39 Å². The largest absolute Gasteiger partial charge is 0.358 e. The van der Waals surface area contributed by atoms with Gasteiger partial charge in [-0.2, -0.15) is 0 Å². The third-order valence-corrected chi connectivity index (χ3v) is 1.76. The van der Waals surface area contributed by atoms with Gasteiger partial charge in [0.2, 0.25) is 0 Å². The van der Waals surface area contributed by atoms with Gasteiger partial charge in [0.25, 0.3) is 0 Å². The molecule has 2 heterocycles. The lowest BCUT2D eigenvalue weighted by molar-refractivity contribution is 0.631. The smallest absolute Gasteiger partial charge is 0.165 e. The zero-order valence-electron chi connectivity index (χ0n) is 6.06. The van der Waals surface area contributed by atoms with Crippen molar-refractivity contribution in [3.8, 4) is 0 Å². The molecule has 0 aliphatic heterocycles. The summed E-state index contributed by atoms with van der Waals surface area (Å²) in [6.07, 6.45) is 4.64. The van der Waals surface area contributed by atoms with E-state index in [0.717, 1.165) is 10.9 Å². The Kier molecular flexibility index (Phi) is 1.18. The lowest BCUT2D eigenvalue weighted by atomic mass is 10.2. The van der Waals surface area contributed by atoms with E-state index >= 15 is 0 Å². The predicted molar refractivity (Wildman–Crippen MR) is 40.8 cm³/mol. The Morgan fingerprint density at radius 3 is 3.00 bits per heavy atom. The van der Waals surface area contributed by atoms with Gasteiger partial charge in [0.1, 0.15) is 0 Å². The van der Waals surface area contributed by atoms with E-state index in [4.69, 9.17) is 0 Å². The molecule has 0 aliphatic rings. The van der Waals surface area contributed by atoms with Crippen molar-refractivity contribution in [1.82, 2.24) is 9.97 Å². The number of nitrogens with one attached hydrogen (secondary N) is 1. The topological polar surface area (TPSA) is 28.7 Å². The first kappa shape index (κ1) is 6.34. The summed E-state index contributed by atoms with van der Waals surface area (Å²) in [5.74, 6) is -0.296. The molecule has 0 amide bonds. The highest BCUT2D eigenvalue weighted by Gasteiger charge is 2.03. The van der Waals surface area contributed by atoms with E-state index < -0.39 is 0 Å². The van der Waals surface area contributed by atoms with Crippen LogP contribution in [0.4, 0.5) is 4.39 Å². The molecule has 0 atom stereocenters. The van der Waals surface area contributed by atoms with Crippen LogP contribution in [0, 0.1) is 12.7 Å². The summed E-state index contributed by atoms with van der Waals surface area (Å²) in [6.45, 7) is 1.92. The van der Waals surface area contributed by atoms with Crippen molar-refractivity contribution in [2.45, 2.75) is 6.92 Å². The highest BCUT2D eigenvalue weighted by atomic mass is 19.1. The Labute approximate surface area is 63.1 Å². The Morgan fingerprint density at radius 1 is 1.45 bits per heavy atom. The normalized spacial score (nSPS) is 10.7. The molecule has 2 aromatic rings. The molecule has 0 bridgehead atoms. The fraction of sp³-hybridized carbons (Fsp3) is 0.125. The second kappa shape index (κ2) is 2.05. The van der Waals surface area contributed by atoms with Gasteiger partial charge in [0.15, 0.2) is 5.82 Å². The number of aromatic nitrogens is 2. The standard InChI is InChI=1S/C8H7FN2/c1-5-2-11-8-6(5)3-10-4-7(8)9/h2-4,11H,1H3. The average Bonchev–Trinajstić information content (AvgIpc) is 2.35. The van der Waals surface area contributed by atoms with Crippen LogP contribution in [-0.2, 0) is 0 Å². The number of rotatable bonds is 0. The van der Waals surface area contributed by atoms with Crippen LogP contribution in [0.3, 0.4) is 0 Å². The zero-order chi connectivity index (χ0) is 7.84. The van der Waals surface area contributed by atoms with Gasteiger partial charge in [-0.15, -0.1) is 0 Å². The molecule has 11 heavy (non-hydrogen) atoms. The van der Waals surface area contributed by atoms with Gasteiger partial charge in [0, 0.05) is 17.8 Å². The quantitative estimate of drug-likeness (QED) is 0.611. The average molecular weight is 150 g/mol. The van der Waals surface area contributed by atoms with Crippen molar-refractivity contribution >= 4 is 10.9 Å². The van der Waals surface area contributed by atoms with E-state index in [9.17, 15) is 4.39 Å². The third-order valence-electron chi connectivity index (χ3n) is 1.76. The lowest BCUT2D eigenvalue weighted by Crippen LogP contribution is -1.79. The molecule has 0 spiro atoms. The van der Waals surface area contributed by atoms with Gasteiger partial charge in [0.05, 0.1) is 11.7 Å². The highest BCUT2D eigenvalue weighted by Crippen LogP contribution is 2.17. The van der Waals surface area contributed by atoms with Crippen LogP contribution >= 0.6 is 0 Å². The van der Waals surface area contributed by atoms with Crippen molar-refractivity contribution < 1.29 is 4.39 Å². The van der Waals surface area contributed by atoms with Crippen LogP contribution in [0.1, 0.15) is 5.56 Å². The molecular formula is C8H7FN2. The lowest BCUT2D eigenvalue weighted by Gasteiger charge is -1.90. The number of nitrogens with zero attached hydrogens (tertiary/aromatic N) is 1. The van der Waals surface area contributed by atoms with E-state index in [1.807, 2.05) is 6.92 Å². The van der Waals surface area contributed by atoms with Gasteiger partial charge in [-0.3, -0.25) is 4.98 Å². The molecule has 2 aromatic heterocycles. The summed E-state index contributed by atoms with van der Waals surface area (Å²) >= 11 is 0.